The lowest BCUT2D eigenvalue weighted by atomic mass is 10.1. The van der Waals surface area contributed by atoms with Gasteiger partial charge >= 0.3 is 0 Å². The molecule has 0 saturated carbocycles. The zero-order chi connectivity index (χ0) is 15.8. The standard InChI is InChI=1S/C16H23Cl2NO3/c17-13-4-3-12(16(18)8-13)5-6-19-9-14(20)10-21-11-15-2-1-7-22-15/h3-4,8,14-15,19-20H,1-2,5-7,9-11H2/t14-,15+/m0/s1. The van der Waals surface area contributed by atoms with Crippen molar-refractivity contribution in [2.24, 2.45) is 0 Å². The zero-order valence-electron chi connectivity index (χ0n) is 12.6. The van der Waals surface area contributed by atoms with E-state index in [1.807, 2.05) is 12.1 Å². The van der Waals surface area contributed by atoms with Crippen LogP contribution in [-0.2, 0) is 15.9 Å². The van der Waals surface area contributed by atoms with E-state index in [-0.39, 0.29) is 6.10 Å². The van der Waals surface area contributed by atoms with Gasteiger partial charge in [0.15, 0.2) is 0 Å². The van der Waals surface area contributed by atoms with Crippen LogP contribution in [0.4, 0.5) is 0 Å². The largest absolute Gasteiger partial charge is 0.389 e. The summed E-state index contributed by atoms with van der Waals surface area (Å²) < 4.78 is 10.9. The minimum atomic E-state index is -0.512. The third kappa shape index (κ3) is 6.41. The molecule has 0 amide bonds. The average Bonchev–Trinajstić information content (AvgIpc) is 2.99. The molecule has 1 aliphatic rings. The fourth-order valence-corrected chi connectivity index (χ4v) is 2.89. The maximum absolute atomic E-state index is 9.84. The summed E-state index contributed by atoms with van der Waals surface area (Å²) in [5.41, 5.74) is 1.04. The van der Waals surface area contributed by atoms with Gasteiger partial charge in [0.2, 0.25) is 0 Å². The predicted octanol–water partition coefficient (Wildman–Crippen LogP) is 2.68. The fraction of sp³-hybridized carbons (Fsp3) is 0.625. The Morgan fingerprint density at radius 3 is 3.00 bits per heavy atom. The van der Waals surface area contributed by atoms with Crippen molar-refractivity contribution >= 4 is 23.2 Å². The highest BCUT2D eigenvalue weighted by Gasteiger charge is 2.16. The van der Waals surface area contributed by atoms with Crippen LogP contribution in [0.15, 0.2) is 18.2 Å². The highest BCUT2D eigenvalue weighted by molar-refractivity contribution is 6.35. The number of halogens is 2. The smallest absolute Gasteiger partial charge is 0.0897 e. The van der Waals surface area contributed by atoms with E-state index in [2.05, 4.69) is 5.32 Å². The van der Waals surface area contributed by atoms with E-state index in [1.165, 1.54) is 0 Å². The number of aliphatic hydroxyl groups is 1. The molecule has 2 rings (SSSR count). The van der Waals surface area contributed by atoms with Crippen LogP contribution in [0.2, 0.25) is 10.0 Å². The number of nitrogens with one attached hydrogen (secondary N) is 1. The third-order valence-corrected chi connectivity index (χ3v) is 4.19. The molecule has 0 aliphatic carbocycles. The molecule has 0 unspecified atom stereocenters. The van der Waals surface area contributed by atoms with Gasteiger partial charge in [-0.2, -0.15) is 0 Å². The summed E-state index contributed by atoms with van der Waals surface area (Å²) in [4.78, 5) is 0. The van der Waals surface area contributed by atoms with Gasteiger partial charge in [0.25, 0.3) is 0 Å². The predicted molar refractivity (Wildman–Crippen MR) is 88.8 cm³/mol. The lowest BCUT2D eigenvalue weighted by molar-refractivity contribution is -0.0163. The second-order valence-electron chi connectivity index (χ2n) is 5.52. The molecule has 2 atom stereocenters. The van der Waals surface area contributed by atoms with Gasteiger partial charge < -0.3 is 19.9 Å². The topological polar surface area (TPSA) is 50.7 Å². The zero-order valence-corrected chi connectivity index (χ0v) is 14.1. The first-order valence-electron chi connectivity index (χ1n) is 7.67. The second kappa shape index (κ2) is 9.71. The van der Waals surface area contributed by atoms with Gasteiger partial charge in [0, 0.05) is 23.2 Å². The van der Waals surface area contributed by atoms with E-state index >= 15 is 0 Å². The number of aliphatic hydroxyl groups excluding tert-OH is 1. The van der Waals surface area contributed by atoms with Crippen molar-refractivity contribution in [3.05, 3.63) is 33.8 Å². The summed E-state index contributed by atoms with van der Waals surface area (Å²) >= 11 is 12.0. The van der Waals surface area contributed by atoms with Crippen LogP contribution in [0.25, 0.3) is 0 Å². The fourth-order valence-electron chi connectivity index (χ4n) is 2.39. The van der Waals surface area contributed by atoms with E-state index in [1.54, 1.807) is 6.07 Å². The van der Waals surface area contributed by atoms with Crippen molar-refractivity contribution in [3.8, 4) is 0 Å². The molecule has 1 aromatic rings. The summed E-state index contributed by atoms with van der Waals surface area (Å²) in [6.07, 6.45) is 2.63. The van der Waals surface area contributed by atoms with Crippen LogP contribution in [-0.4, -0.2) is 50.2 Å². The molecule has 0 spiro atoms. The van der Waals surface area contributed by atoms with E-state index < -0.39 is 6.10 Å². The van der Waals surface area contributed by atoms with Gasteiger partial charge in [-0.05, 0) is 43.5 Å². The number of hydrogen-bond acceptors (Lipinski definition) is 4. The molecule has 124 valence electrons. The molecule has 1 fully saturated rings. The normalized spacial score (nSPS) is 19.5. The van der Waals surface area contributed by atoms with Crippen molar-refractivity contribution in [1.29, 1.82) is 0 Å². The highest BCUT2D eigenvalue weighted by atomic mass is 35.5. The molecule has 1 aromatic carbocycles. The Morgan fingerprint density at radius 2 is 2.27 bits per heavy atom. The van der Waals surface area contributed by atoms with Gasteiger partial charge in [-0.1, -0.05) is 29.3 Å². The molecule has 22 heavy (non-hydrogen) atoms. The maximum Gasteiger partial charge on any atom is 0.0897 e. The van der Waals surface area contributed by atoms with Gasteiger partial charge in [-0.15, -0.1) is 0 Å². The van der Waals surface area contributed by atoms with E-state index in [0.29, 0.717) is 29.8 Å². The molecule has 1 saturated heterocycles. The van der Waals surface area contributed by atoms with E-state index in [9.17, 15) is 5.11 Å². The van der Waals surface area contributed by atoms with Crippen LogP contribution in [0.3, 0.4) is 0 Å². The van der Waals surface area contributed by atoms with E-state index in [4.69, 9.17) is 32.7 Å². The Labute approximate surface area is 141 Å². The summed E-state index contributed by atoms with van der Waals surface area (Å²) in [5, 5.41) is 14.4. The molecule has 4 nitrogen and oxygen atoms in total. The van der Waals surface area contributed by atoms with Gasteiger partial charge in [-0.3, -0.25) is 0 Å². The summed E-state index contributed by atoms with van der Waals surface area (Å²) in [6.45, 7) is 2.96. The Bertz CT molecular complexity index is 453. The monoisotopic (exact) mass is 347 g/mol. The molecular weight excluding hydrogens is 325 g/mol. The molecule has 0 bridgehead atoms. The molecule has 2 N–H and O–H groups in total. The van der Waals surface area contributed by atoms with Crippen LogP contribution in [0, 0.1) is 0 Å². The first kappa shape index (κ1) is 18.0. The third-order valence-electron chi connectivity index (χ3n) is 3.60. The Balaban J connectivity index is 1.53. The van der Waals surface area contributed by atoms with Crippen molar-refractivity contribution in [1.82, 2.24) is 5.32 Å². The second-order valence-corrected chi connectivity index (χ2v) is 6.36. The van der Waals surface area contributed by atoms with Gasteiger partial charge in [0.05, 0.1) is 25.4 Å². The van der Waals surface area contributed by atoms with Crippen molar-refractivity contribution in [2.75, 3.05) is 32.9 Å². The Kier molecular flexibility index (Phi) is 7.94. The maximum atomic E-state index is 9.84. The lowest BCUT2D eigenvalue weighted by Gasteiger charge is -2.14. The van der Waals surface area contributed by atoms with E-state index in [0.717, 1.165) is 38.0 Å². The van der Waals surface area contributed by atoms with Crippen molar-refractivity contribution in [2.45, 2.75) is 31.5 Å². The SMILES string of the molecule is O[C@@H](CNCCc1ccc(Cl)cc1Cl)COC[C@H]1CCCO1. The number of rotatable bonds is 9. The van der Waals surface area contributed by atoms with Gasteiger partial charge in [0.1, 0.15) is 0 Å². The molecule has 0 aromatic heterocycles. The van der Waals surface area contributed by atoms with Crippen LogP contribution in [0.5, 0.6) is 0 Å². The van der Waals surface area contributed by atoms with Crippen LogP contribution < -0.4 is 5.32 Å². The summed E-state index contributed by atoms with van der Waals surface area (Å²) in [7, 11) is 0. The van der Waals surface area contributed by atoms with Gasteiger partial charge in [-0.25, -0.2) is 0 Å². The lowest BCUT2D eigenvalue weighted by Crippen LogP contribution is -2.32. The van der Waals surface area contributed by atoms with Crippen LogP contribution in [0.1, 0.15) is 18.4 Å². The quantitative estimate of drug-likeness (QED) is 0.674. The van der Waals surface area contributed by atoms with Crippen molar-refractivity contribution in [3.63, 3.8) is 0 Å². The minimum Gasteiger partial charge on any atom is -0.389 e. The first-order valence-corrected chi connectivity index (χ1v) is 8.43. The molecule has 0 radical (unpaired) electrons. The van der Waals surface area contributed by atoms with Crippen LogP contribution >= 0.6 is 23.2 Å². The number of benzene rings is 1. The molecule has 1 heterocycles. The minimum absolute atomic E-state index is 0.201. The first-order chi connectivity index (χ1) is 10.6. The number of hydrogen-bond donors (Lipinski definition) is 2. The summed E-state index contributed by atoms with van der Waals surface area (Å²) in [6, 6.07) is 5.50. The molecule has 1 aliphatic heterocycles. The molecule has 6 heteroatoms. The summed E-state index contributed by atoms with van der Waals surface area (Å²) in [5.74, 6) is 0. The average molecular weight is 348 g/mol. The molecular formula is C16H23Cl2NO3. The number of ether oxygens (including phenoxy) is 2. The Hall–Kier alpha value is -0.360. The Morgan fingerprint density at radius 1 is 1.41 bits per heavy atom. The highest BCUT2D eigenvalue weighted by Crippen LogP contribution is 2.21. The van der Waals surface area contributed by atoms with Crippen molar-refractivity contribution < 1.29 is 14.6 Å².